The molecule has 0 bridgehead atoms. The zero-order valence-electron chi connectivity index (χ0n) is 17.2. The van der Waals surface area contributed by atoms with Crippen molar-refractivity contribution in [2.75, 3.05) is 18.4 Å². The Bertz CT molecular complexity index is 1280. The number of hydrogen-bond donors (Lipinski definition) is 2. The quantitative estimate of drug-likeness (QED) is 0.647. The van der Waals surface area contributed by atoms with Gasteiger partial charge in [-0.15, -0.1) is 0 Å². The molecule has 1 saturated heterocycles. The van der Waals surface area contributed by atoms with E-state index in [1.54, 1.807) is 17.7 Å². The highest BCUT2D eigenvalue weighted by Gasteiger charge is 2.34. The predicted molar refractivity (Wildman–Crippen MR) is 111 cm³/mol. The number of fused-ring (bicyclic) bond motifs is 1. The number of rotatable bonds is 5. The molecule has 10 heteroatoms. The molecule has 0 aliphatic carbocycles. The second kappa shape index (κ2) is 7.52. The molecular weight excluding hydrogens is 411 g/mol. The number of nitrogens with zero attached hydrogens (tertiary/aromatic N) is 3. The molecule has 2 N–H and O–H groups in total. The van der Waals surface area contributed by atoms with Crippen molar-refractivity contribution >= 4 is 16.6 Å². The summed E-state index contributed by atoms with van der Waals surface area (Å²) in [5, 5.41) is 11.0. The van der Waals surface area contributed by atoms with Gasteiger partial charge in [-0.1, -0.05) is 18.2 Å². The molecule has 0 radical (unpaired) electrons. The number of aromatic nitrogens is 3. The van der Waals surface area contributed by atoms with Gasteiger partial charge in [-0.3, -0.25) is 9.59 Å². The van der Waals surface area contributed by atoms with Crippen molar-refractivity contribution in [1.82, 2.24) is 19.7 Å². The van der Waals surface area contributed by atoms with E-state index in [1.807, 2.05) is 6.92 Å². The Kier molecular flexibility index (Phi) is 5.12. The van der Waals surface area contributed by atoms with Crippen LogP contribution in [-0.2, 0) is 12.6 Å². The highest BCUT2D eigenvalue weighted by molar-refractivity contribution is 5.90. The van der Waals surface area contributed by atoms with Gasteiger partial charge in [0, 0.05) is 43.4 Å². The fourth-order valence-corrected chi connectivity index (χ4v) is 3.86. The lowest BCUT2D eigenvalue weighted by molar-refractivity contribution is 0.146. The Morgan fingerprint density at radius 3 is 2.48 bits per heavy atom. The minimum Gasteiger partial charge on any atom is -0.361 e. The molecule has 1 aliphatic rings. The summed E-state index contributed by atoms with van der Waals surface area (Å²) >= 11 is 0. The summed E-state index contributed by atoms with van der Waals surface area (Å²) in [5.41, 5.74) is -1.82. The molecule has 1 unspecified atom stereocenters. The average Bonchev–Trinajstić information content (AvgIpc) is 2.69. The van der Waals surface area contributed by atoms with E-state index >= 15 is 0 Å². The van der Waals surface area contributed by atoms with Gasteiger partial charge in [0.2, 0.25) is 0 Å². The number of hydrogen-bond acceptors (Lipinski definition) is 5. The van der Waals surface area contributed by atoms with Crippen molar-refractivity contribution in [2.24, 2.45) is 7.05 Å². The van der Waals surface area contributed by atoms with Crippen LogP contribution in [0, 0.1) is 5.82 Å². The molecule has 0 spiro atoms. The molecule has 1 atom stereocenters. The van der Waals surface area contributed by atoms with Crippen LogP contribution >= 0.6 is 0 Å². The zero-order valence-corrected chi connectivity index (χ0v) is 17.2. The average molecular weight is 433 g/mol. The lowest BCUT2D eigenvalue weighted by Crippen LogP contribution is -2.61. The lowest BCUT2D eigenvalue weighted by Gasteiger charge is -2.41. The number of anilines is 1. The molecule has 7 nitrogen and oxygen atoms in total. The summed E-state index contributed by atoms with van der Waals surface area (Å²) in [4.78, 5) is 25.2. The smallest absolute Gasteiger partial charge is 0.274 e. The second-order valence-electron chi connectivity index (χ2n) is 8.10. The lowest BCUT2D eigenvalue weighted by atomic mass is 9.94. The van der Waals surface area contributed by atoms with E-state index in [4.69, 9.17) is 0 Å². The third kappa shape index (κ3) is 3.50. The maximum atomic E-state index is 14.6. The molecule has 1 aromatic carbocycles. The van der Waals surface area contributed by atoms with Gasteiger partial charge in [0.1, 0.15) is 5.82 Å². The molecular formula is C21H22F3N5O2. The third-order valence-electron chi connectivity index (χ3n) is 5.79. The molecule has 0 saturated carbocycles. The van der Waals surface area contributed by atoms with E-state index in [0.717, 1.165) is 10.7 Å². The minimum atomic E-state index is -2.94. The van der Waals surface area contributed by atoms with Gasteiger partial charge in [-0.25, -0.2) is 17.9 Å². The van der Waals surface area contributed by atoms with Crippen LogP contribution in [0.25, 0.3) is 10.8 Å². The van der Waals surface area contributed by atoms with Crippen LogP contribution in [-0.4, -0.2) is 27.4 Å². The predicted octanol–water partition coefficient (Wildman–Crippen LogP) is 2.66. The summed E-state index contributed by atoms with van der Waals surface area (Å²) in [6.07, 6.45) is -1.36. The van der Waals surface area contributed by atoms with Crippen LogP contribution in [0.2, 0.25) is 0 Å². The summed E-state index contributed by atoms with van der Waals surface area (Å²) in [7, 11) is 1.44. The zero-order chi connectivity index (χ0) is 22.5. The number of alkyl halides is 2. The molecule has 1 fully saturated rings. The first-order chi connectivity index (χ1) is 14.6. The first-order valence-corrected chi connectivity index (χ1v) is 9.80. The number of aryl methyl sites for hydroxylation is 1. The fraction of sp³-hybridized carbons (Fsp3) is 0.381. The van der Waals surface area contributed by atoms with Crippen LogP contribution in [0.3, 0.4) is 0 Å². The Morgan fingerprint density at radius 1 is 1.19 bits per heavy atom. The Hall–Kier alpha value is -3.14. The summed E-state index contributed by atoms with van der Waals surface area (Å²) in [6.45, 7) is 4.73. The first kappa shape index (κ1) is 21.1. The van der Waals surface area contributed by atoms with Gasteiger partial charge < -0.3 is 15.2 Å². The molecule has 164 valence electrons. The van der Waals surface area contributed by atoms with E-state index < -0.39 is 34.9 Å². The number of nitrogens with one attached hydrogen (secondary N) is 2. The molecule has 31 heavy (non-hydrogen) atoms. The Balaban J connectivity index is 1.83. The number of benzene rings is 1. The van der Waals surface area contributed by atoms with Gasteiger partial charge in [0.15, 0.2) is 5.82 Å². The van der Waals surface area contributed by atoms with Gasteiger partial charge >= 0.3 is 0 Å². The van der Waals surface area contributed by atoms with Crippen LogP contribution in [0.15, 0.2) is 40.1 Å². The highest BCUT2D eigenvalue weighted by Crippen LogP contribution is 2.30. The van der Waals surface area contributed by atoms with E-state index in [0.29, 0.717) is 18.5 Å². The fourth-order valence-electron chi connectivity index (χ4n) is 3.86. The standard InChI is InChI=1S/C21H22F3N5O2/c1-11(12-5-4-6-13(17(12)22)18(23)24)26-19-15-8-29(21(2)9-25-10-21)16(30)7-14(15)20(31)28(3)27-19/h4-8,11,18,25H,9-10H2,1-3H3,(H,26,27). The summed E-state index contributed by atoms with van der Waals surface area (Å²) in [6, 6.07) is 4.37. The number of halogens is 3. The van der Waals surface area contributed by atoms with Crippen molar-refractivity contribution in [1.29, 1.82) is 0 Å². The van der Waals surface area contributed by atoms with Crippen molar-refractivity contribution in [3.63, 3.8) is 0 Å². The number of pyridine rings is 1. The van der Waals surface area contributed by atoms with Crippen molar-refractivity contribution < 1.29 is 13.2 Å². The molecule has 4 rings (SSSR count). The molecule has 1 aliphatic heterocycles. The molecule has 0 amide bonds. The van der Waals surface area contributed by atoms with Crippen molar-refractivity contribution in [2.45, 2.75) is 31.9 Å². The van der Waals surface area contributed by atoms with E-state index in [2.05, 4.69) is 15.7 Å². The largest absolute Gasteiger partial charge is 0.361 e. The monoisotopic (exact) mass is 433 g/mol. The topological polar surface area (TPSA) is 81.0 Å². The van der Waals surface area contributed by atoms with E-state index in [9.17, 15) is 22.8 Å². The van der Waals surface area contributed by atoms with Gasteiger partial charge in [0.05, 0.1) is 22.5 Å². The second-order valence-corrected chi connectivity index (χ2v) is 8.10. The third-order valence-corrected chi connectivity index (χ3v) is 5.79. The maximum absolute atomic E-state index is 14.6. The van der Waals surface area contributed by atoms with Crippen molar-refractivity contribution in [3.8, 4) is 0 Å². The van der Waals surface area contributed by atoms with Crippen LogP contribution in [0.5, 0.6) is 0 Å². The SMILES string of the molecule is CC(Nc1nn(C)c(=O)c2cc(=O)n(C3(C)CNC3)cc12)c1cccc(C(F)F)c1F. The maximum Gasteiger partial charge on any atom is 0.274 e. The van der Waals surface area contributed by atoms with Gasteiger partial charge in [0.25, 0.3) is 17.5 Å². The Morgan fingerprint density at radius 2 is 1.87 bits per heavy atom. The first-order valence-electron chi connectivity index (χ1n) is 9.80. The van der Waals surface area contributed by atoms with Gasteiger partial charge in [-0.05, 0) is 13.8 Å². The van der Waals surface area contributed by atoms with E-state index in [1.165, 1.54) is 25.2 Å². The molecule has 2 aromatic heterocycles. The normalized spacial score (nSPS) is 16.4. The van der Waals surface area contributed by atoms with Crippen LogP contribution in [0.4, 0.5) is 19.0 Å². The molecule has 3 aromatic rings. The van der Waals surface area contributed by atoms with Crippen LogP contribution in [0.1, 0.15) is 37.4 Å². The van der Waals surface area contributed by atoms with Gasteiger partial charge in [-0.2, -0.15) is 5.10 Å². The highest BCUT2D eigenvalue weighted by atomic mass is 19.3. The molecule has 3 heterocycles. The van der Waals surface area contributed by atoms with Crippen LogP contribution < -0.4 is 21.8 Å². The summed E-state index contributed by atoms with van der Waals surface area (Å²) < 4.78 is 43.4. The van der Waals surface area contributed by atoms with E-state index in [-0.39, 0.29) is 22.3 Å². The minimum absolute atomic E-state index is 0.0464. The van der Waals surface area contributed by atoms with Crippen molar-refractivity contribution in [3.05, 3.63) is 68.1 Å². The summed E-state index contributed by atoms with van der Waals surface area (Å²) in [5.74, 6) is -0.743. The Labute approximate surface area is 175 Å².